The Morgan fingerprint density at radius 3 is 2.80 bits per heavy atom. The average Bonchev–Trinajstić information content (AvgIpc) is 3.10. The number of aliphatic hydroxyl groups excluding tert-OH is 1. The molecule has 0 aromatic heterocycles. The van der Waals surface area contributed by atoms with Gasteiger partial charge in [-0.1, -0.05) is 24.3 Å². The van der Waals surface area contributed by atoms with E-state index in [9.17, 15) is 0 Å². The van der Waals surface area contributed by atoms with E-state index in [1.807, 2.05) is 12.1 Å². The molecule has 2 nitrogen and oxygen atoms in total. The number of nitrogens with one attached hydrogen (secondary N) is 1. The Morgan fingerprint density at radius 2 is 2.13 bits per heavy atom. The third kappa shape index (κ3) is 3.05. The van der Waals surface area contributed by atoms with Gasteiger partial charge in [-0.3, -0.25) is 0 Å². The zero-order chi connectivity index (χ0) is 10.7. The van der Waals surface area contributed by atoms with Crippen LogP contribution in [0.4, 0.5) is 0 Å². The van der Waals surface area contributed by atoms with Crippen LogP contribution in [0.2, 0.25) is 0 Å². The highest BCUT2D eigenvalue weighted by atomic mass is 16.3. The molecule has 0 bridgehead atoms. The first-order chi connectivity index (χ1) is 7.29. The summed E-state index contributed by atoms with van der Waals surface area (Å²) in [5.74, 6) is 0.894. The average molecular weight is 205 g/mol. The zero-order valence-corrected chi connectivity index (χ0v) is 9.24. The molecule has 1 aromatic carbocycles. The molecule has 82 valence electrons. The van der Waals surface area contributed by atoms with Crippen LogP contribution in [0, 0.1) is 5.92 Å². The summed E-state index contributed by atoms with van der Waals surface area (Å²) in [6.45, 7) is 3.30. The van der Waals surface area contributed by atoms with Crippen molar-refractivity contribution < 1.29 is 5.11 Å². The van der Waals surface area contributed by atoms with Crippen molar-refractivity contribution in [2.75, 3.05) is 0 Å². The Balaban J connectivity index is 1.86. The molecule has 0 spiro atoms. The van der Waals surface area contributed by atoms with Crippen molar-refractivity contribution in [2.24, 2.45) is 5.92 Å². The lowest BCUT2D eigenvalue weighted by Gasteiger charge is -2.12. The number of benzene rings is 1. The summed E-state index contributed by atoms with van der Waals surface area (Å²) < 4.78 is 0. The predicted octanol–water partition coefficient (Wildman–Crippen LogP) is 2.07. The molecule has 1 saturated carbocycles. The highest BCUT2D eigenvalue weighted by Gasteiger charge is 2.27. The fourth-order valence-electron chi connectivity index (χ4n) is 1.88. The van der Waals surface area contributed by atoms with Crippen LogP contribution in [0.5, 0.6) is 0 Å². The van der Waals surface area contributed by atoms with Crippen LogP contribution in [-0.2, 0) is 13.2 Å². The van der Waals surface area contributed by atoms with E-state index < -0.39 is 0 Å². The second-order valence-electron chi connectivity index (χ2n) is 4.49. The first-order valence-corrected chi connectivity index (χ1v) is 5.71. The lowest BCUT2D eigenvalue weighted by molar-refractivity contribution is 0.281. The standard InChI is InChI=1S/C13H19NO/c1-10(13-5-6-13)14-8-11-3-2-4-12(7-11)9-15/h2-4,7,10,13-15H,5-6,8-9H2,1H3. The summed E-state index contributed by atoms with van der Waals surface area (Å²) in [5.41, 5.74) is 2.25. The van der Waals surface area contributed by atoms with Crippen molar-refractivity contribution in [3.8, 4) is 0 Å². The molecule has 1 aliphatic carbocycles. The SMILES string of the molecule is CC(NCc1cccc(CO)c1)C1CC1. The van der Waals surface area contributed by atoms with Crippen molar-refractivity contribution in [3.05, 3.63) is 35.4 Å². The molecular formula is C13H19NO. The maximum Gasteiger partial charge on any atom is 0.0681 e. The minimum Gasteiger partial charge on any atom is -0.392 e. The van der Waals surface area contributed by atoms with Gasteiger partial charge in [-0.25, -0.2) is 0 Å². The van der Waals surface area contributed by atoms with E-state index in [1.54, 1.807) is 0 Å². The summed E-state index contributed by atoms with van der Waals surface area (Å²) in [6, 6.07) is 8.75. The molecule has 1 aliphatic rings. The predicted molar refractivity (Wildman–Crippen MR) is 61.4 cm³/mol. The molecule has 0 aliphatic heterocycles. The van der Waals surface area contributed by atoms with E-state index in [0.29, 0.717) is 6.04 Å². The second-order valence-corrected chi connectivity index (χ2v) is 4.49. The van der Waals surface area contributed by atoms with Crippen LogP contribution in [0.1, 0.15) is 30.9 Å². The van der Waals surface area contributed by atoms with Gasteiger partial charge in [0.25, 0.3) is 0 Å². The molecule has 0 amide bonds. The van der Waals surface area contributed by atoms with Crippen molar-refractivity contribution in [2.45, 2.75) is 39.0 Å². The maximum atomic E-state index is 9.02. The van der Waals surface area contributed by atoms with Crippen LogP contribution < -0.4 is 5.32 Å². The highest BCUT2D eigenvalue weighted by molar-refractivity contribution is 5.22. The van der Waals surface area contributed by atoms with E-state index in [1.165, 1.54) is 18.4 Å². The minimum absolute atomic E-state index is 0.131. The number of hydrogen-bond acceptors (Lipinski definition) is 2. The van der Waals surface area contributed by atoms with Crippen molar-refractivity contribution >= 4 is 0 Å². The fourth-order valence-corrected chi connectivity index (χ4v) is 1.88. The topological polar surface area (TPSA) is 32.3 Å². The minimum atomic E-state index is 0.131. The first-order valence-electron chi connectivity index (χ1n) is 5.71. The van der Waals surface area contributed by atoms with E-state index in [4.69, 9.17) is 5.11 Å². The highest BCUT2D eigenvalue weighted by Crippen LogP contribution is 2.32. The summed E-state index contributed by atoms with van der Waals surface area (Å²) in [7, 11) is 0. The Kier molecular flexibility index (Phi) is 3.39. The number of rotatable bonds is 5. The van der Waals surface area contributed by atoms with Crippen LogP contribution in [-0.4, -0.2) is 11.1 Å². The summed E-state index contributed by atoms with van der Waals surface area (Å²) >= 11 is 0. The third-order valence-corrected chi connectivity index (χ3v) is 3.13. The molecule has 0 saturated heterocycles. The Hall–Kier alpha value is -0.860. The molecule has 1 unspecified atom stereocenters. The maximum absolute atomic E-state index is 9.02. The molecule has 2 N–H and O–H groups in total. The van der Waals surface area contributed by atoms with E-state index >= 15 is 0 Å². The van der Waals surface area contributed by atoms with Crippen molar-refractivity contribution in [1.82, 2.24) is 5.32 Å². The van der Waals surface area contributed by atoms with Gasteiger partial charge in [0, 0.05) is 12.6 Å². The van der Waals surface area contributed by atoms with Gasteiger partial charge in [0.2, 0.25) is 0 Å². The molecule has 15 heavy (non-hydrogen) atoms. The van der Waals surface area contributed by atoms with Crippen LogP contribution in [0.3, 0.4) is 0 Å². The Morgan fingerprint density at radius 1 is 1.40 bits per heavy atom. The van der Waals surface area contributed by atoms with Gasteiger partial charge in [0.1, 0.15) is 0 Å². The smallest absolute Gasteiger partial charge is 0.0681 e. The van der Waals surface area contributed by atoms with Crippen LogP contribution >= 0.6 is 0 Å². The molecule has 2 heteroatoms. The molecule has 2 rings (SSSR count). The molecule has 0 heterocycles. The Bertz CT molecular complexity index is 320. The normalized spacial score (nSPS) is 17.7. The second kappa shape index (κ2) is 4.77. The van der Waals surface area contributed by atoms with Crippen molar-refractivity contribution in [1.29, 1.82) is 0 Å². The monoisotopic (exact) mass is 205 g/mol. The summed E-state index contributed by atoms with van der Waals surface area (Å²) in [4.78, 5) is 0. The van der Waals surface area contributed by atoms with E-state index in [-0.39, 0.29) is 6.61 Å². The number of aliphatic hydroxyl groups is 1. The van der Waals surface area contributed by atoms with Gasteiger partial charge >= 0.3 is 0 Å². The zero-order valence-electron chi connectivity index (χ0n) is 9.24. The molecule has 1 fully saturated rings. The first kappa shape index (κ1) is 10.7. The van der Waals surface area contributed by atoms with Gasteiger partial charge in [0.05, 0.1) is 6.61 Å². The molecule has 1 aromatic rings. The fraction of sp³-hybridized carbons (Fsp3) is 0.538. The molecule has 0 radical (unpaired) electrons. The van der Waals surface area contributed by atoms with Crippen LogP contribution in [0.15, 0.2) is 24.3 Å². The largest absolute Gasteiger partial charge is 0.392 e. The number of hydrogen-bond donors (Lipinski definition) is 2. The van der Waals surface area contributed by atoms with Gasteiger partial charge < -0.3 is 10.4 Å². The van der Waals surface area contributed by atoms with Crippen LogP contribution in [0.25, 0.3) is 0 Å². The summed E-state index contributed by atoms with van der Waals surface area (Å²) in [5, 5.41) is 12.5. The Labute approximate surface area is 91.3 Å². The van der Waals surface area contributed by atoms with Gasteiger partial charge in [-0.2, -0.15) is 0 Å². The molecular weight excluding hydrogens is 186 g/mol. The van der Waals surface area contributed by atoms with Crippen molar-refractivity contribution in [3.63, 3.8) is 0 Å². The third-order valence-electron chi connectivity index (χ3n) is 3.13. The van der Waals surface area contributed by atoms with E-state index in [0.717, 1.165) is 18.0 Å². The van der Waals surface area contributed by atoms with Gasteiger partial charge in [0.15, 0.2) is 0 Å². The van der Waals surface area contributed by atoms with Gasteiger partial charge in [-0.15, -0.1) is 0 Å². The molecule has 1 atom stereocenters. The van der Waals surface area contributed by atoms with E-state index in [2.05, 4.69) is 24.4 Å². The quantitative estimate of drug-likeness (QED) is 0.771. The lowest BCUT2D eigenvalue weighted by Crippen LogP contribution is -2.27. The van der Waals surface area contributed by atoms with Gasteiger partial charge in [-0.05, 0) is 36.8 Å². The summed E-state index contributed by atoms with van der Waals surface area (Å²) in [6.07, 6.45) is 2.76. The lowest BCUT2D eigenvalue weighted by atomic mass is 10.1.